The Morgan fingerprint density at radius 3 is 1.67 bits per heavy atom. The quantitative estimate of drug-likeness (QED) is 0.154. The van der Waals surface area contributed by atoms with E-state index in [0.29, 0.717) is 0 Å². The van der Waals surface area contributed by atoms with Crippen molar-refractivity contribution in [3.63, 3.8) is 0 Å². The molecule has 2 nitrogen and oxygen atoms in total. The average Bonchev–Trinajstić information content (AvgIpc) is 3.56. The molecule has 1 aliphatic carbocycles. The number of benzene rings is 8. The van der Waals surface area contributed by atoms with Crippen LogP contribution in [-0.4, -0.2) is 6.17 Å². The van der Waals surface area contributed by atoms with Gasteiger partial charge in [-0.3, -0.25) is 0 Å². The zero-order valence-electron chi connectivity index (χ0n) is 27.6. The Balaban J connectivity index is 1.19. The van der Waals surface area contributed by atoms with Crippen LogP contribution in [-0.2, 0) is 0 Å². The van der Waals surface area contributed by atoms with Crippen LogP contribution in [0, 0.1) is 0 Å². The Morgan fingerprint density at radius 1 is 0.510 bits per heavy atom. The van der Waals surface area contributed by atoms with E-state index in [4.69, 9.17) is 0 Å². The molecule has 8 aromatic carbocycles. The van der Waals surface area contributed by atoms with E-state index in [1.54, 1.807) is 0 Å². The van der Waals surface area contributed by atoms with Gasteiger partial charge in [-0.25, -0.2) is 0 Å². The molecule has 8 aromatic rings. The van der Waals surface area contributed by atoms with Gasteiger partial charge in [0, 0.05) is 5.69 Å². The van der Waals surface area contributed by atoms with Gasteiger partial charge in [-0.1, -0.05) is 128 Å². The van der Waals surface area contributed by atoms with Gasteiger partial charge in [-0.15, -0.1) is 0 Å². The monoisotopic (exact) mass is 628 g/mol. The van der Waals surface area contributed by atoms with Crippen LogP contribution >= 0.6 is 0 Å². The molecule has 0 fully saturated rings. The van der Waals surface area contributed by atoms with Gasteiger partial charge >= 0.3 is 0 Å². The molecular weight excluding hydrogens is 593 g/mol. The van der Waals surface area contributed by atoms with Gasteiger partial charge in [0.05, 0.1) is 11.4 Å². The predicted molar refractivity (Wildman–Crippen MR) is 211 cm³/mol. The minimum Gasteiger partial charge on any atom is -0.363 e. The maximum absolute atomic E-state index is 3.71. The number of nitrogens with one attached hydrogen (secondary N) is 1. The standard InChI is InChI=1S/C47H36N2/c1-2-45-48-43-21-11-12-22-44(43)49(45)32-26-23-30(24-27-32)46-38-17-7-9-19-40(38)47(41-20-10-8-18-39(41)46)31-25-28-37-35-15-4-3-13-33(35)34-14-5-6-16-36(34)42(37)29-31/h3-4,7-29,45,48H,2,5-6H2,1H3. The molecular formula is C47H36N2. The van der Waals surface area contributed by atoms with Gasteiger partial charge in [-0.05, 0) is 125 Å². The van der Waals surface area contributed by atoms with Crippen LogP contribution in [0.4, 0.5) is 17.1 Å². The average molecular weight is 629 g/mol. The minimum absolute atomic E-state index is 0.241. The van der Waals surface area contributed by atoms with E-state index in [0.717, 1.165) is 19.3 Å². The fourth-order valence-corrected chi connectivity index (χ4v) is 8.66. The molecule has 0 spiro atoms. The third kappa shape index (κ3) is 4.27. The largest absolute Gasteiger partial charge is 0.363 e. The van der Waals surface area contributed by atoms with E-state index in [1.807, 2.05) is 0 Å². The molecule has 1 N–H and O–H groups in total. The smallest absolute Gasteiger partial charge is 0.104 e. The van der Waals surface area contributed by atoms with Gasteiger partial charge in [0.2, 0.25) is 0 Å². The Morgan fingerprint density at radius 2 is 1.02 bits per heavy atom. The molecule has 49 heavy (non-hydrogen) atoms. The van der Waals surface area contributed by atoms with Crippen LogP contribution in [0.3, 0.4) is 0 Å². The summed E-state index contributed by atoms with van der Waals surface area (Å²) in [4.78, 5) is 2.44. The second kappa shape index (κ2) is 11.1. The first-order valence-electron chi connectivity index (χ1n) is 17.6. The van der Waals surface area contributed by atoms with Crippen LogP contribution in [0.2, 0.25) is 0 Å². The van der Waals surface area contributed by atoms with Crippen molar-refractivity contribution in [3.8, 4) is 22.3 Å². The second-order valence-corrected chi connectivity index (χ2v) is 13.5. The molecule has 234 valence electrons. The maximum atomic E-state index is 3.71. The Kier molecular flexibility index (Phi) is 6.39. The van der Waals surface area contributed by atoms with Crippen LogP contribution in [0.5, 0.6) is 0 Å². The second-order valence-electron chi connectivity index (χ2n) is 13.5. The van der Waals surface area contributed by atoms with Crippen LogP contribution in [0.1, 0.15) is 26.2 Å². The molecule has 0 aromatic heterocycles. The Bertz CT molecular complexity index is 2680. The van der Waals surface area contributed by atoms with Gasteiger partial charge in [0.15, 0.2) is 0 Å². The van der Waals surface area contributed by atoms with Gasteiger partial charge in [0.25, 0.3) is 0 Å². The number of fused-ring (bicyclic) bond motifs is 9. The molecule has 1 atom stereocenters. The SMILES string of the molecule is CCC1Nc2ccccc2N1c1ccc(-c2c3ccccc3c(-c3ccc4c(c3)c3c(c5ccccc54)=CCCC=3)c3ccccc23)cc1. The third-order valence-electron chi connectivity index (χ3n) is 10.8. The number of rotatable bonds is 4. The fraction of sp³-hybridized carbons (Fsp3) is 0.106. The topological polar surface area (TPSA) is 15.3 Å². The summed E-state index contributed by atoms with van der Waals surface area (Å²) in [6.07, 6.45) is 8.33. The fourth-order valence-electron chi connectivity index (χ4n) is 8.66. The summed E-state index contributed by atoms with van der Waals surface area (Å²) >= 11 is 0. The summed E-state index contributed by atoms with van der Waals surface area (Å²) in [5, 5.41) is 17.0. The van der Waals surface area contributed by atoms with Crippen molar-refractivity contribution in [3.05, 3.63) is 150 Å². The zero-order chi connectivity index (χ0) is 32.5. The number of nitrogens with zero attached hydrogens (tertiary/aromatic N) is 1. The number of para-hydroxylation sites is 2. The molecule has 10 rings (SSSR count). The van der Waals surface area contributed by atoms with E-state index in [1.165, 1.54) is 92.8 Å². The van der Waals surface area contributed by atoms with Gasteiger partial charge < -0.3 is 10.2 Å². The van der Waals surface area contributed by atoms with Crippen molar-refractivity contribution < 1.29 is 0 Å². The first kappa shape index (κ1) is 28.2. The van der Waals surface area contributed by atoms with Crippen LogP contribution in [0.25, 0.3) is 77.5 Å². The van der Waals surface area contributed by atoms with Crippen LogP contribution < -0.4 is 20.7 Å². The summed E-state index contributed by atoms with van der Waals surface area (Å²) in [5.74, 6) is 0. The Hall–Kier alpha value is -5.86. The van der Waals surface area contributed by atoms with Crippen molar-refractivity contribution >= 4 is 72.3 Å². The summed E-state index contributed by atoms with van der Waals surface area (Å²) in [7, 11) is 0. The van der Waals surface area contributed by atoms with E-state index >= 15 is 0 Å². The molecule has 0 saturated heterocycles. The third-order valence-corrected chi connectivity index (χ3v) is 10.8. The van der Waals surface area contributed by atoms with E-state index in [2.05, 4.69) is 169 Å². The molecule has 0 saturated carbocycles. The first-order chi connectivity index (χ1) is 24.3. The summed E-state index contributed by atoms with van der Waals surface area (Å²) < 4.78 is 0. The lowest BCUT2D eigenvalue weighted by atomic mass is 9.85. The molecule has 1 unspecified atom stereocenters. The highest BCUT2D eigenvalue weighted by atomic mass is 15.3. The molecule has 2 heteroatoms. The number of hydrogen-bond donors (Lipinski definition) is 1. The van der Waals surface area contributed by atoms with Gasteiger partial charge in [0.1, 0.15) is 6.17 Å². The van der Waals surface area contributed by atoms with Crippen molar-refractivity contribution in [1.29, 1.82) is 0 Å². The summed E-state index contributed by atoms with van der Waals surface area (Å²) in [6, 6.07) is 51.9. The molecule has 2 aliphatic rings. The van der Waals surface area contributed by atoms with E-state index in [-0.39, 0.29) is 6.17 Å². The molecule has 0 bridgehead atoms. The highest BCUT2D eigenvalue weighted by Crippen LogP contribution is 2.46. The number of anilines is 3. The predicted octanol–water partition coefficient (Wildman–Crippen LogP) is 11.3. The van der Waals surface area contributed by atoms with E-state index in [9.17, 15) is 0 Å². The lowest BCUT2D eigenvalue weighted by molar-refractivity contribution is 0.728. The summed E-state index contributed by atoms with van der Waals surface area (Å²) in [6.45, 7) is 2.24. The molecule has 0 amide bonds. The normalized spacial score (nSPS) is 15.2. The maximum Gasteiger partial charge on any atom is 0.104 e. The Labute approximate surface area is 286 Å². The van der Waals surface area contributed by atoms with Crippen molar-refractivity contribution in [2.45, 2.75) is 32.4 Å². The van der Waals surface area contributed by atoms with Crippen molar-refractivity contribution in [2.24, 2.45) is 0 Å². The summed E-state index contributed by atoms with van der Waals surface area (Å²) in [5.41, 5.74) is 8.75. The van der Waals surface area contributed by atoms with E-state index < -0.39 is 0 Å². The number of hydrogen-bond acceptors (Lipinski definition) is 2. The highest BCUT2D eigenvalue weighted by Gasteiger charge is 2.28. The lowest BCUT2D eigenvalue weighted by Crippen LogP contribution is -2.30. The van der Waals surface area contributed by atoms with Crippen molar-refractivity contribution in [2.75, 3.05) is 10.2 Å². The highest BCUT2D eigenvalue weighted by molar-refractivity contribution is 6.22. The molecule has 1 aliphatic heterocycles. The lowest BCUT2D eigenvalue weighted by Gasteiger charge is -2.26. The van der Waals surface area contributed by atoms with Gasteiger partial charge in [-0.2, -0.15) is 0 Å². The minimum atomic E-state index is 0.241. The van der Waals surface area contributed by atoms with Crippen molar-refractivity contribution in [1.82, 2.24) is 0 Å². The zero-order valence-corrected chi connectivity index (χ0v) is 27.6. The first-order valence-corrected chi connectivity index (χ1v) is 17.6. The molecule has 1 heterocycles. The molecule has 0 radical (unpaired) electrons. The van der Waals surface area contributed by atoms with Crippen LogP contribution in [0.15, 0.2) is 140 Å².